The lowest BCUT2D eigenvalue weighted by atomic mass is 10.0. The van der Waals surface area contributed by atoms with Gasteiger partial charge < -0.3 is 16.2 Å². The molecule has 0 aliphatic rings. The zero-order chi connectivity index (χ0) is 10.8. The first-order valence-electron chi connectivity index (χ1n) is 4.58. The SMILES string of the molecule is CC(CC(C)(C)O)Nc1cc(N)ns1. The van der Waals surface area contributed by atoms with Crippen molar-refractivity contribution < 1.29 is 5.11 Å². The van der Waals surface area contributed by atoms with E-state index in [2.05, 4.69) is 9.69 Å². The number of nitrogens with zero attached hydrogens (tertiary/aromatic N) is 1. The standard InChI is InChI=1S/C9H17N3OS/c1-6(5-9(2,3)13)11-8-4-7(10)12-14-8/h4,6,11,13H,5H2,1-3H3,(H2,10,12). The van der Waals surface area contributed by atoms with Gasteiger partial charge in [0.15, 0.2) is 0 Å². The van der Waals surface area contributed by atoms with Crippen molar-refractivity contribution >= 4 is 22.4 Å². The Morgan fingerprint density at radius 1 is 1.71 bits per heavy atom. The fourth-order valence-electron chi connectivity index (χ4n) is 1.40. The van der Waals surface area contributed by atoms with Gasteiger partial charge >= 0.3 is 0 Å². The summed E-state index contributed by atoms with van der Waals surface area (Å²) >= 11 is 1.34. The van der Waals surface area contributed by atoms with Gasteiger partial charge in [0.1, 0.15) is 10.8 Å². The fourth-order valence-corrected chi connectivity index (χ4v) is 2.08. The molecule has 0 amide bonds. The normalized spacial score (nSPS) is 14.0. The molecule has 1 heterocycles. The number of anilines is 2. The number of hydrogen-bond donors (Lipinski definition) is 3. The molecule has 0 bridgehead atoms. The largest absolute Gasteiger partial charge is 0.390 e. The number of hydrogen-bond acceptors (Lipinski definition) is 5. The molecule has 14 heavy (non-hydrogen) atoms. The first kappa shape index (κ1) is 11.3. The van der Waals surface area contributed by atoms with E-state index in [-0.39, 0.29) is 6.04 Å². The van der Waals surface area contributed by atoms with E-state index in [1.54, 1.807) is 19.9 Å². The minimum atomic E-state index is -0.650. The van der Waals surface area contributed by atoms with Crippen LogP contribution in [0.4, 0.5) is 10.8 Å². The van der Waals surface area contributed by atoms with Gasteiger partial charge in [-0.2, -0.15) is 4.37 Å². The zero-order valence-electron chi connectivity index (χ0n) is 8.74. The third-order valence-electron chi connectivity index (χ3n) is 1.72. The number of aliphatic hydroxyl groups is 1. The van der Waals surface area contributed by atoms with Crippen LogP contribution in [0.15, 0.2) is 6.07 Å². The minimum Gasteiger partial charge on any atom is -0.390 e. The summed E-state index contributed by atoms with van der Waals surface area (Å²) in [6.07, 6.45) is 0.685. The maximum Gasteiger partial charge on any atom is 0.139 e. The van der Waals surface area contributed by atoms with Crippen molar-refractivity contribution in [2.24, 2.45) is 0 Å². The van der Waals surface area contributed by atoms with Gasteiger partial charge in [0.2, 0.25) is 0 Å². The lowest BCUT2D eigenvalue weighted by Gasteiger charge is -2.22. The Morgan fingerprint density at radius 3 is 2.79 bits per heavy atom. The second-order valence-electron chi connectivity index (χ2n) is 4.18. The summed E-state index contributed by atoms with van der Waals surface area (Å²) < 4.78 is 3.96. The average molecular weight is 215 g/mol. The molecule has 1 rings (SSSR count). The van der Waals surface area contributed by atoms with Gasteiger partial charge in [-0.1, -0.05) is 0 Å². The number of aromatic nitrogens is 1. The monoisotopic (exact) mass is 215 g/mol. The third-order valence-corrected chi connectivity index (χ3v) is 2.46. The number of rotatable bonds is 4. The molecule has 5 heteroatoms. The molecule has 4 N–H and O–H groups in total. The fraction of sp³-hybridized carbons (Fsp3) is 0.667. The molecule has 1 aromatic rings. The molecule has 1 aromatic heterocycles. The Hall–Kier alpha value is -0.810. The van der Waals surface area contributed by atoms with Gasteiger partial charge in [-0.3, -0.25) is 0 Å². The van der Waals surface area contributed by atoms with Gasteiger partial charge in [-0.15, -0.1) is 0 Å². The molecule has 0 fully saturated rings. The molecular weight excluding hydrogens is 198 g/mol. The molecule has 0 aliphatic carbocycles. The van der Waals surface area contributed by atoms with E-state index in [0.29, 0.717) is 12.2 Å². The van der Waals surface area contributed by atoms with Crippen molar-refractivity contribution in [1.29, 1.82) is 0 Å². The maximum atomic E-state index is 9.59. The van der Waals surface area contributed by atoms with E-state index < -0.39 is 5.60 Å². The van der Waals surface area contributed by atoms with Crippen LogP contribution in [0, 0.1) is 0 Å². The maximum absolute atomic E-state index is 9.59. The third kappa shape index (κ3) is 3.93. The highest BCUT2D eigenvalue weighted by Crippen LogP contribution is 2.21. The Balaban J connectivity index is 2.45. The van der Waals surface area contributed by atoms with Crippen molar-refractivity contribution in [3.63, 3.8) is 0 Å². The topological polar surface area (TPSA) is 71.2 Å². The summed E-state index contributed by atoms with van der Waals surface area (Å²) in [6, 6.07) is 2.00. The average Bonchev–Trinajstić information content (AvgIpc) is 2.30. The van der Waals surface area contributed by atoms with Crippen LogP contribution in [-0.2, 0) is 0 Å². The molecule has 0 aromatic carbocycles. The Kier molecular flexibility index (Phi) is 3.34. The molecule has 4 nitrogen and oxygen atoms in total. The van der Waals surface area contributed by atoms with Gasteiger partial charge in [0.05, 0.1) is 5.60 Å². The van der Waals surface area contributed by atoms with Crippen LogP contribution in [0.1, 0.15) is 27.2 Å². The molecular formula is C9H17N3OS. The molecule has 0 spiro atoms. The highest BCUT2D eigenvalue weighted by Gasteiger charge is 2.17. The summed E-state index contributed by atoms with van der Waals surface area (Å²) in [6.45, 7) is 5.62. The molecule has 80 valence electrons. The second-order valence-corrected chi connectivity index (χ2v) is 4.98. The van der Waals surface area contributed by atoms with Crippen LogP contribution < -0.4 is 11.1 Å². The van der Waals surface area contributed by atoms with Crippen LogP contribution in [0.5, 0.6) is 0 Å². The van der Waals surface area contributed by atoms with E-state index in [4.69, 9.17) is 5.73 Å². The summed E-state index contributed by atoms with van der Waals surface area (Å²) in [7, 11) is 0. The first-order valence-corrected chi connectivity index (χ1v) is 5.35. The summed E-state index contributed by atoms with van der Waals surface area (Å²) in [5, 5.41) is 13.8. The van der Waals surface area contributed by atoms with E-state index in [1.165, 1.54) is 11.5 Å². The van der Waals surface area contributed by atoms with E-state index >= 15 is 0 Å². The van der Waals surface area contributed by atoms with Crippen LogP contribution in [0.2, 0.25) is 0 Å². The smallest absolute Gasteiger partial charge is 0.139 e. The van der Waals surface area contributed by atoms with Crippen LogP contribution in [0.3, 0.4) is 0 Å². The summed E-state index contributed by atoms with van der Waals surface area (Å²) in [4.78, 5) is 0. The van der Waals surface area contributed by atoms with Gasteiger partial charge in [0, 0.05) is 12.1 Å². The molecule has 0 radical (unpaired) electrons. The molecule has 1 atom stereocenters. The minimum absolute atomic E-state index is 0.204. The van der Waals surface area contributed by atoms with Crippen LogP contribution in [-0.4, -0.2) is 21.1 Å². The quantitative estimate of drug-likeness (QED) is 0.714. The van der Waals surface area contributed by atoms with Crippen molar-refractivity contribution in [3.8, 4) is 0 Å². The first-order chi connectivity index (χ1) is 6.37. The molecule has 1 unspecified atom stereocenters. The number of nitrogen functional groups attached to an aromatic ring is 1. The molecule has 0 saturated carbocycles. The van der Waals surface area contributed by atoms with Crippen molar-refractivity contribution in [3.05, 3.63) is 6.07 Å². The van der Waals surface area contributed by atoms with Crippen molar-refractivity contribution in [1.82, 2.24) is 4.37 Å². The molecule has 0 saturated heterocycles. The van der Waals surface area contributed by atoms with Gasteiger partial charge in [0.25, 0.3) is 0 Å². The highest BCUT2D eigenvalue weighted by atomic mass is 32.1. The van der Waals surface area contributed by atoms with Crippen molar-refractivity contribution in [2.75, 3.05) is 11.1 Å². The Labute approximate surface area is 88.3 Å². The van der Waals surface area contributed by atoms with Gasteiger partial charge in [-0.25, -0.2) is 0 Å². The molecule has 0 aliphatic heterocycles. The zero-order valence-corrected chi connectivity index (χ0v) is 9.56. The highest BCUT2D eigenvalue weighted by molar-refractivity contribution is 7.10. The number of nitrogens with one attached hydrogen (secondary N) is 1. The van der Waals surface area contributed by atoms with Crippen LogP contribution in [0.25, 0.3) is 0 Å². The predicted molar refractivity (Wildman–Crippen MR) is 60.5 cm³/mol. The second kappa shape index (κ2) is 4.14. The number of nitrogens with two attached hydrogens (primary N) is 1. The summed E-state index contributed by atoms with van der Waals surface area (Å²) in [5.74, 6) is 0.535. The van der Waals surface area contributed by atoms with Gasteiger partial charge in [-0.05, 0) is 38.7 Å². The summed E-state index contributed by atoms with van der Waals surface area (Å²) in [5.41, 5.74) is 4.84. The lowest BCUT2D eigenvalue weighted by Crippen LogP contribution is -2.28. The predicted octanol–water partition coefficient (Wildman–Crippen LogP) is 1.69. The van der Waals surface area contributed by atoms with Crippen LogP contribution >= 0.6 is 11.5 Å². The Morgan fingerprint density at radius 2 is 2.36 bits per heavy atom. The lowest BCUT2D eigenvalue weighted by molar-refractivity contribution is 0.0673. The Bertz CT molecular complexity index is 292. The van der Waals surface area contributed by atoms with E-state index in [1.807, 2.05) is 6.92 Å². The van der Waals surface area contributed by atoms with E-state index in [0.717, 1.165) is 5.00 Å². The van der Waals surface area contributed by atoms with E-state index in [9.17, 15) is 5.11 Å². The van der Waals surface area contributed by atoms with Crippen molar-refractivity contribution in [2.45, 2.75) is 38.8 Å².